The third-order valence-corrected chi connectivity index (χ3v) is 5.33. The topological polar surface area (TPSA) is 32.7 Å². The van der Waals surface area contributed by atoms with Gasteiger partial charge in [0.05, 0.1) is 5.60 Å². The SMILES string of the molecule is CC1CCN(CCC(C)(O)c2ccc(Oc3ccccc3F)cc2)CC1. The van der Waals surface area contributed by atoms with Crippen molar-refractivity contribution in [2.45, 2.75) is 38.7 Å². The number of para-hydroxylation sites is 1. The Morgan fingerprint density at radius 1 is 1.12 bits per heavy atom. The van der Waals surface area contributed by atoms with E-state index in [9.17, 15) is 9.50 Å². The van der Waals surface area contributed by atoms with Crippen LogP contribution in [0, 0.1) is 11.7 Å². The molecule has 0 saturated carbocycles. The Labute approximate surface area is 155 Å². The minimum Gasteiger partial charge on any atom is -0.454 e. The van der Waals surface area contributed by atoms with Crippen molar-refractivity contribution in [1.29, 1.82) is 0 Å². The Kier molecular flexibility index (Phi) is 5.94. The summed E-state index contributed by atoms with van der Waals surface area (Å²) >= 11 is 0. The van der Waals surface area contributed by atoms with Crippen LogP contribution in [0.15, 0.2) is 48.5 Å². The van der Waals surface area contributed by atoms with Gasteiger partial charge >= 0.3 is 0 Å². The summed E-state index contributed by atoms with van der Waals surface area (Å²) in [5.41, 5.74) is -0.0386. The van der Waals surface area contributed by atoms with Crippen molar-refractivity contribution >= 4 is 0 Å². The number of ether oxygens (including phenoxy) is 1. The quantitative estimate of drug-likeness (QED) is 0.794. The molecule has 1 saturated heterocycles. The Morgan fingerprint density at radius 2 is 1.77 bits per heavy atom. The van der Waals surface area contributed by atoms with E-state index < -0.39 is 5.60 Å². The first kappa shape index (κ1) is 18.9. The van der Waals surface area contributed by atoms with Gasteiger partial charge in [-0.15, -0.1) is 0 Å². The molecule has 1 atom stereocenters. The van der Waals surface area contributed by atoms with E-state index in [1.165, 1.54) is 18.9 Å². The highest BCUT2D eigenvalue weighted by atomic mass is 19.1. The van der Waals surface area contributed by atoms with E-state index in [-0.39, 0.29) is 11.6 Å². The molecule has 1 aliphatic rings. The summed E-state index contributed by atoms with van der Waals surface area (Å²) in [6, 6.07) is 13.6. The second-order valence-electron chi connectivity index (χ2n) is 7.60. The summed E-state index contributed by atoms with van der Waals surface area (Å²) in [5.74, 6) is 1.18. The van der Waals surface area contributed by atoms with Crippen LogP contribution in [-0.4, -0.2) is 29.6 Å². The number of nitrogens with zero attached hydrogens (tertiary/aromatic N) is 1. The molecule has 3 rings (SSSR count). The van der Waals surface area contributed by atoms with Crippen LogP contribution in [-0.2, 0) is 5.60 Å². The Morgan fingerprint density at radius 3 is 2.42 bits per heavy atom. The first-order chi connectivity index (χ1) is 12.4. The molecular formula is C22H28FNO2. The molecule has 4 heteroatoms. The van der Waals surface area contributed by atoms with Crippen molar-refractivity contribution in [3.63, 3.8) is 0 Å². The van der Waals surface area contributed by atoms with Gasteiger partial charge in [0.15, 0.2) is 11.6 Å². The summed E-state index contributed by atoms with van der Waals surface area (Å²) in [5, 5.41) is 10.9. The predicted octanol–water partition coefficient (Wildman–Crippen LogP) is 4.95. The maximum atomic E-state index is 13.7. The van der Waals surface area contributed by atoms with Crippen LogP contribution in [0.25, 0.3) is 0 Å². The lowest BCUT2D eigenvalue weighted by molar-refractivity contribution is 0.0319. The normalized spacial score (nSPS) is 18.5. The number of aliphatic hydroxyl groups is 1. The van der Waals surface area contributed by atoms with Gasteiger partial charge in [0.1, 0.15) is 5.75 Å². The smallest absolute Gasteiger partial charge is 0.165 e. The first-order valence-electron chi connectivity index (χ1n) is 9.42. The maximum Gasteiger partial charge on any atom is 0.165 e. The standard InChI is InChI=1S/C22H28FNO2/c1-17-11-14-24(15-12-17)16-13-22(2,25)18-7-9-19(10-8-18)26-21-6-4-3-5-20(21)23/h3-10,17,25H,11-16H2,1-2H3. The number of likely N-dealkylation sites (tertiary alicyclic amines) is 1. The van der Waals surface area contributed by atoms with Crippen molar-refractivity contribution in [3.05, 3.63) is 59.9 Å². The zero-order chi connectivity index (χ0) is 18.6. The summed E-state index contributed by atoms with van der Waals surface area (Å²) in [6.45, 7) is 7.29. The van der Waals surface area contributed by atoms with Crippen molar-refractivity contribution in [2.24, 2.45) is 5.92 Å². The van der Waals surface area contributed by atoms with Gasteiger partial charge < -0.3 is 14.7 Å². The summed E-state index contributed by atoms with van der Waals surface area (Å²) in [7, 11) is 0. The van der Waals surface area contributed by atoms with Gasteiger partial charge in [0, 0.05) is 6.54 Å². The van der Waals surface area contributed by atoms with Crippen molar-refractivity contribution in [2.75, 3.05) is 19.6 Å². The minimum atomic E-state index is -0.889. The molecule has 1 heterocycles. The summed E-state index contributed by atoms with van der Waals surface area (Å²) in [6.07, 6.45) is 3.17. The molecule has 0 aliphatic carbocycles. The first-order valence-corrected chi connectivity index (χ1v) is 9.42. The van der Waals surface area contributed by atoms with Crippen molar-refractivity contribution < 1.29 is 14.2 Å². The van der Waals surface area contributed by atoms with Crippen molar-refractivity contribution in [3.8, 4) is 11.5 Å². The van der Waals surface area contributed by atoms with Crippen LogP contribution >= 0.6 is 0 Å². The van der Waals surface area contributed by atoms with Gasteiger partial charge in [-0.2, -0.15) is 0 Å². The summed E-state index contributed by atoms with van der Waals surface area (Å²) < 4.78 is 19.3. The fraction of sp³-hybridized carbons (Fsp3) is 0.455. The zero-order valence-corrected chi connectivity index (χ0v) is 15.6. The predicted molar refractivity (Wildman–Crippen MR) is 102 cm³/mol. The van der Waals surface area contributed by atoms with Gasteiger partial charge in [-0.3, -0.25) is 0 Å². The highest BCUT2D eigenvalue weighted by Gasteiger charge is 2.25. The van der Waals surface area contributed by atoms with Gasteiger partial charge in [0.25, 0.3) is 0 Å². The number of hydrogen-bond acceptors (Lipinski definition) is 3. The van der Waals surface area contributed by atoms with E-state index in [1.807, 2.05) is 19.1 Å². The van der Waals surface area contributed by atoms with E-state index in [2.05, 4.69) is 11.8 Å². The molecule has 2 aromatic carbocycles. The number of piperidine rings is 1. The van der Waals surface area contributed by atoms with Crippen LogP contribution in [0.5, 0.6) is 11.5 Å². The average molecular weight is 357 g/mol. The van der Waals surface area contributed by atoms with E-state index in [0.717, 1.165) is 31.1 Å². The Hall–Kier alpha value is -1.91. The number of halogens is 1. The fourth-order valence-corrected chi connectivity index (χ4v) is 3.34. The summed E-state index contributed by atoms with van der Waals surface area (Å²) in [4.78, 5) is 2.43. The molecule has 26 heavy (non-hydrogen) atoms. The van der Waals surface area contributed by atoms with Crippen LogP contribution in [0.3, 0.4) is 0 Å². The van der Waals surface area contributed by atoms with E-state index >= 15 is 0 Å². The number of benzene rings is 2. The van der Waals surface area contributed by atoms with E-state index in [0.29, 0.717) is 12.2 Å². The van der Waals surface area contributed by atoms with Gasteiger partial charge in [-0.05, 0) is 75.0 Å². The van der Waals surface area contributed by atoms with Crippen molar-refractivity contribution in [1.82, 2.24) is 4.90 Å². The van der Waals surface area contributed by atoms with Crippen LogP contribution in [0.1, 0.15) is 38.7 Å². The van der Waals surface area contributed by atoms with Gasteiger partial charge in [-0.1, -0.05) is 31.2 Å². The molecule has 0 radical (unpaired) electrons. The molecule has 0 bridgehead atoms. The van der Waals surface area contributed by atoms with Crippen LogP contribution in [0.4, 0.5) is 4.39 Å². The lowest BCUT2D eigenvalue weighted by atomic mass is 9.91. The third kappa shape index (κ3) is 4.83. The largest absolute Gasteiger partial charge is 0.454 e. The second-order valence-corrected chi connectivity index (χ2v) is 7.60. The molecule has 0 spiro atoms. The highest BCUT2D eigenvalue weighted by Crippen LogP contribution is 2.29. The van der Waals surface area contributed by atoms with Crippen LogP contribution < -0.4 is 4.74 Å². The molecule has 2 aromatic rings. The lowest BCUT2D eigenvalue weighted by Crippen LogP contribution is -2.36. The molecule has 0 aromatic heterocycles. The molecule has 3 nitrogen and oxygen atoms in total. The molecule has 140 valence electrons. The number of hydrogen-bond donors (Lipinski definition) is 1. The highest BCUT2D eigenvalue weighted by molar-refractivity contribution is 5.35. The molecule has 1 N–H and O–H groups in total. The van der Waals surface area contributed by atoms with E-state index in [1.54, 1.807) is 30.3 Å². The molecule has 1 aliphatic heterocycles. The monoisotopic (exact) mass is 357 g/mol. The number of rotatable bonds is 6. The molecule has 1 unspecified atom stereocenters. The lowest BCUT2D eigenvalue weighted by Gasteiger charge is -2.33. The second kappa shape index (κ2) is 8.19. The van der Waals surface area contributed by atoms with Gasteiger partial charge in [-0.25, -0.2) is 4.39 Å². The Balaban J connectivity index is 1.58. The van der Waals surface area contributed by atoms with Gasteiger partial charge in [0.2, 0.25) is 0 Å². The minimum absolute atomic E-state index is 0.200. The zero-order valence-electron chi connectivity index (χ0n) is 15.6. The Bertz CT molecular complexity index is 706. The third-order valence-electron chi connectivity index (χ3n) is 5.33. The maximum absolute atomic E-state index is 13.7. The van der Waals surface area contributed by atoms with E-state index in [4.69, 9.17) is 4.74 Å². The molecular weight excluding hydrogens is 329 g/mol. The average Bonchev–Trinajstić information content (AvgIpc) is 2.64. The molecule has 1 fully saturated rings. The molecule has 0 amide bonds. The fourth-order valence-electron chi connectivity index (χ4n) is 3.34. The van der Waals surface area contributed by atoms with Crippen LogP contribution in [0.2, 0.25) is 0 Å².